The van der Waals surface area contributed by atoms with Gasteiger partial charge in [0.2, 0.25) is 0 Å². The molecule has 0 aromatic heterocycles. The van der Waals surface area contributed by atoms with E-state index in [2.05, 4.69) is 17.4 Å². The summed E-state index contributed by atoms with van der Waals surface area (Å²) >= 11 is 7.70. The quantitative estimate of drug-likeness (QED) is 0.531. The molecule has 3 rings (SSSR count). The minimum Gasteiger partial charge on any atom is -0.317 e. The highest BCUT2D eigenvalue weighted by Gasteiger charge is 2.10. The summed E-state index contributed by atoms with van der Waals surface area (Å²) in [5, 5.41) is 4.39. The monoisotopic (exact) mass is 393 g/mol. The Morgan fingerprint density at radius 1 is 1.00 bits per heavy atom. The third-order valence-corrected chi connectivity index (χ3v) is 5.10. The van der Waals surface area contributed by atoms with Crippen LogP contribution in [-0.2, 0) is 5.75 Å². The predicted molar refractivity (Wildman–Crippen MR) is 116 cm³/mol. The Bertz CT molecular complexity index is 919. The normalized spacial score (nSPS) is 11.3. The second kappa shape index (κ2) is 9.45. The molecule has 4 heteroatoms. The molecule has 0 aliphatic rings. The molecule has 0 atom stereocenters. The van der Waals surface area contributed by atoms with Crippen molar-refractivity contribution in [3.63, 3.8) is 0 Å². The van der Waals surface area contributed by atoms with Gasteiger partial charge in [-0.2, -0.15) is 0 Å². The van der Waals surface area contributed by atoms with Crippen LogP contribution in [0.2, 0.25) is 5.02 Å². The summed E-state index contributed by atoms with van der Waals surface area (Å²) < 4.78 is 0. The molecule has 3 aromatic carbocycles. The molecule has 0 fully saturated rings. The van der Waals surface area contributed by atoms with Crippen molar-refractivity contribution in [1.82, 2.24) is 5.32 Å². The maximum absolute atomic E-state index is 12.7. The van der Waals surface area contributed by atoms with Crippen LogP contribution in [0.4, 0.5) is 0 Å². The van der Waals surface area contributed by atoms with Gasteiger partial charge in [-0.3, -0.25) is 4.79 Å². The summed E-state index contributed by atoms with van der Waals surface area (Å²) in [6.07, 6.45) is 1.99. The molecule has 136 valence electrons. The van der Waals surface area contributed by atoms with Crippen molar-refractivity contribution in [2.45, 2.75) is 12.7 Å². The van der Waals surface area contributed by atoms with Gasteiger partial charge >= 0.3 is 0 Å². The standard InChI is InChI=1S/C23H20ClNOS/c1-17-12-20(15-21(24)13-17)23(26)25-22(14-18-8-4-2-5-9-18)27-16-19-10-6-3-7-11-19/h2-15H,16H2,1H3,(H,25,26)/b22-14+. The van der Waals surface area contributed by atoms with E-state index >= 15 is 0 Å². The number of nitrogens with one attached hydrogen (secondary N) is 1. The maximum atomic E-state index is 12.7. The number of halogens is 1. The molecule has 0 heterocycles. The first-order valence-electron chi connectivity index (χ1n) is 8.62. The largest absolute Gasteiger partial charge is 0.317 e. The summed E-state index contributed by atoms with van der Waals surface area (Å²) in [4.78, 5) is 12.7. The van der Waals surface area contributed by atoms with Crippen LogP contribution in [0.1, 0.15) is 27.0 Å². The van der Waals surface area contributed by atoms with Gasteiger partial charge in [0.05, 0.1) is 5.03 Å². The van der Waals surface area contributed by atoms with E-state index in [9.17, 15) is 4.79 Å². The number of rotatable bonds is 6. The van der Waals surface area contributed by atoms with Crippen molar-refractivity contribution in [2.75, 3.05) is 0 Å². The lowest BCUT2D eigenvalue weighted by Gasteiger charge is -2.11. The number of carbonyl (C=O) groups is 1. The van der Waals surface area contributed by atoms with Crippen LogP contribution in [0.5, 0.6) is 0 Å². The molecule has 0 bridgehead atoms. The first-order chi connectivity index (χ1) is 13.1. The molecule has 0 spiro atoms. The van der Waals surface area contributed by atoms with E-state index in [1.165, 1.54) is 5.56 Å². The molecular formula is C23H20ClNOS. The van der Waals surface area contributed by atoms with E-state index in [4.69, 9.17) is 11.6 Å². The molecule has 1 N–H and O–H groups in total. The highest BCUT2D eigenvalue weighted by molar-refractivity contribution is 8.02. The summed E-state index contributed by atoms with van der Waals surface area (Å²) in [7, 11) is 0. The molecule has 1 amide bonds. The molecule has 27 heavy (non-hydrogen) atoms. The van der Waals surface area contributed by atoms with E-state index in [0.29, 0.717) is 10.6 Å². The highest BCUT2D eigenvalue weighted by Crippen LogP contribution is 2.23. The zero-order chi connectivity index (χ0) is 19.1. The number of hydrogen-bond acceptors (Lipinski definition) is 2. The van der Waals surface area contributed by atoms with E-state index in [1.54, 1.807) is 17.8 Å². The lowest BCUT2D eigenvalue weighted by Crippen LogP contribution is -2.21. The molecule has 0 saturated carbocycles. The fourth-order valence-corrected chi connectivity index (χ4v) is 3.79. The summed E-state index contributed by atoms with van der Waals surface area (Å²) in [6, 6.07) is 25.5. The van der Waals surface area contributed by atoms with Crippen molar-refractivity contribution in [1.29, 1.82) is 0 Å². The Labute approximate surface area is 169 Å². The molecule has 0 radical (unpaired) electrons. The summed E-state index contributed by atoms with van der Waals surface area (Å²) in [6.45, 7) is 1.92. The van der Waals surface area contributed by atoms with Gasteiger partial charge in [-0.25, -0.2) is 0 Å². The van der Waals surface area contributed by atoms with Crippen molar-refractivity contribution in [3.8, 4) is 0 Å². The van der Waals surface area contributed by atoms with Crippen LogP contribution in [0.15, 0.2) is 83.9 Å². The van der Waals surface area contributed by atoms with Gasteiger partial charge in [0.15, 0.2) is 0 Å². The SMILES string of the molecule is Cc1cc(Cl)cc(C(=O)N/C(=C\c2ccccc2)SCc2ccccc2)c1. The summed E-state index contributed by atoms with van der Waals surface area (Å²) in [5.41, 5.74) is 3.75. The number of benzene rings is 3. The second-order valence-electron chi connectivity index (χ2n) is 6.16. The number of hydrogen-bond donors (Lipinski definition) is 1. The number of carbonyl (C=O) groups excluding carboxylic acids is 1. The van der Waals surface area contributed by atoms with Crippen LogP contribution in [0, 0.1) is 6.92 Å². The van der Waals surface area contributed by atoms with E-state index < -0.39 is 0 Å². The average Bonchev–Trinajstić information content (AvgIpc) is 2.67. The number of amides is 1. The van der Waals surface area contributed by atoms with Crippen LogP contribution in [0.3, 0.4) is 0 Å². The topological polar surface area (TPSA) is 29.1 Å². The number of aryl methyl sites for hydroxylation is 1. The third kappa shape index (κ3) is 6.02. The summed E-state index contributed by atoms with van der Waals surface area (Å²) in [5.74, 6) is 0.609. The van der Waals surface area contributed by atoms with E-state index in [0.717, 1.165) is 21.9 Å². The molecule has 0 aliphatic heterocycles. The smallest absolute Gasteiger partial charge is 0.256 e. The van der Waals surface area contributed by atoms with Gasteiger partial charge in [-0.1, -0.05) is 72.3 Å². The zero-order valence-electron chi connectivity index (χ0n) is 15.0. The van der Waals surface area contributed by atoms with E-state index in [-0.39, 0.29) is 5.91 Å². The predicted octanol–water partition coefficient (Wildman–Crippen LogP) is 6.31. The van der Waals surface area contributed by atoms with Gasteiger partial charge < -0.3 is 5.32 Å². The molecule has 0 unspecified atom stereocenters. The lowest BCUT2D eigenvalue weighted by atomic mass is 10.1. The Morgan fingerprint density at radius 3 is 2.33 bits per heavy atom. The third-order valence-electron chi connectivity index (χ3n) is 3.88. The Hall–Kier alpha value is -2.49. The fraction of sp³-hybridized carbons (Fsp3) is 0.0870. The first-order valence-corrected chi connectivity index (χ1v) is 9.98. The molecule has 3 aromatic rings. The Morgan fingerprint density at radius 2 is 1.67 bits per heavy atom. The molecule has 0 saturated heterocycles. The maximum Gasteiger partial charge on any atom is 0.256 e. The van der Waals surface area contributed by atoms with Crippen molar-refractivity contribution in [2.24, 2.45) is 0 Å². The molecular weight excluding hydrogens is 374 g/mol. The molecule has 2 nitrogen and oxygen atoms in total. The minimum absolute atomic E-state index is 0.164. The van der Waals surface area contributed by atoms with Gasteiger partial charge in [-0.15, -0.1) is 11.8 Å². The second-order valence-corrected chi connectivity index (χ2v) is 7.62. The van der Waals surface area contributed by atoms with Gasteiger partial charge in [0, 0.05) is 16.3 Å². The van der Waals surface area contributed by atoms with Crippen LogP contribution in [0.25, 0.3) is 6.08 Å². The zero-order valence-corrected chi connectivity index (χ0v) is 16.6. The lowest BCUT2D eigenvalue weighted by molar-refractivity contribution is 0.0969. The van der Waals surface area contributed by atoms with Gasteiger partial charge in [0.1, 0.15) is 0 Å². The number of thioether (sulfide) groups is 1. The van der Waals surface area contributed by atoms with Crippen LogP contribution >= 0.6 is 23.4 Å². The van der Waals surface area contributed by atoms with Gasteiger partial charge in [-0.05, 0) is 47.9 Å². The minimum atomic E-state index is -0.164. The highest BCUT2D eigenvalue weighted by atomic mass is 35.5. The van der Waals surface area contributed by atoms with Crippen molar-refractivity contribution >= 4 is 35.3 Å². The van der Waals surface area contributed by atoms with E-state index in [1.807, 2.05) is 73.7 Å². The first kappa shape index (κ1) is 19.3. The van der Waals surface area contributed by atoms with Gasteiger partial charge in [0.25, 0.3) is 5.91 Å². The van der Waals surface area contributed by atoms with Crippen molar-refractivity contribution < 1.29 is 4.79 Å². The van der Waals surface area contributed by atoms with Crippen LogP contribution in [-0.4, -0.2) is 5.91 Å². The Kier molecular flexibility index (Phi) is 6.74. The Balaban J connectivity index is 1.80. The average molecular weight is 394 g/mol. The molecule has 0 aliphatic carbocycles. The fourth-order valence-electron chi connectivity index (χ4n) is 2.60. The van der Waals surface area contributed by atoms with Crippen molar-refractivity contribution in [3.05, 3.63) is 111 Å². The van der Waals surface area contributed by atoms with Crippen LogP contribution < -0.4 is 5.32 Å².